The smallest absolute Gasteiger partial charge is 0.281 e. The molecule has 2 aromatic rings. The second-order valence-electron chi connectivity index (χ2n) is 3.95. The number of aromatic nitrogens is 4. The van der Waals surface area contributed by atoms with Crippen LogP contribution in [0.3, 0.4) is 0 Å². The Bertz CT molecular complexity index is 664. The van der Waals surface area contributed by atoms with E-state index >= 15 is 0 Å². The largest absolute Gasteiger partial charge is 0.381 e. The first-order chi connectivity index (χ1) is 8.31. The van der Waals surface area contributed by atoms with E-state index in [4.69, 9.17) is 5.73 Å². The van der Waals surface area contributed by atoms with Gasteiger partial charge in [0, 0.05) is 20.3 Å². The Morgan fingerprint density at radius 2 is 2.06 bits per heavy atom. The summed E-state index contributed by atoms with van der Waals surface area (Å²) in [6.07, 6.45) is 2.93. The lowest BCUT2D eigenvalue weighted by Crippen LogP contribution is -2.17. The lowest BCUT2D eigenvalue weighted by atomic mass is 10.4. The van der Waals surface area contributed by atoms with Crippen LogP contribution in [-0.4, -0.2) is 27.7 Å². The van der Waals surface area contributed by atoms with Gasteiger partial charge in [-0.15, -0.1) is 0 Å². The zero-order valence-electron chi connectivity index (χ0n) is 10.2. The van der Waals surface area contributed by atoms with Crippen molar-refractivity contribution in [1.82, 2.24) is 19.3 Å². The zero-order valence-corrected chi connectivity index (χ0v) is 11.1. The molecule has 9 heteroatoms. The van der Waals surface area contributed by atoms with E-state index in [1.54, 1.807) is 27.2 Å². The third kappa shape index (κ3) is 2.04. The van der Waals surface area contributed by atoms with Gasteiger partial charge < -0.3 is 10.3 Å². The minimum absolute atomic E-state index is 0.0356. The summed E-state index contributed by atoms with van der Waals surface area (Å²) in [5, 5.41) is 3.99. The first-order valence-electron chi connectivity index (χ1n) is 5.11. The van der Waals surface area contributed by atoms with Gasteiger partial charge in [0.25, 0.3) is 10.0 Å². The molecule has 2 heterocycles. The molecule has 0 atom stereocenters. The van der Waals surface area contributed by atoms with Gasteiger partial charge in [-0.1, -0.05) is 0 Å². The van der Waals surface area contributed by atoms with Crippen LogP contribution in [0.1, 0.15) is 5.69 Å². The van der Waals surface area contributed by atoms with Gasteiger partial charge in [-0.3, -0.25) is 9.40 Å². The van der Waals surface area contributed by atoms with Crippen molar-refractivity contribution in [2.75, 3.05) is 10.5 Å². The van der Waals surface area contributed by atoms with Gasteiger partial charge in [0.15, 0.2) is 10.8 Å². The lowest BCUT2D eigenvalue weighted by Gasteiger charge is -2.07. The van der Waals surface area contributed by atoms with Gasteiger partial charge in [0.1, 0.15) is 0 Å². The Kier molecular flexibility index (Phi) is 2.77. The topological polar surface area (TPSA) is 108 Å². The molecule has 0 aromatic carbocycles. The van der Waals surface area contributed by atoms with E-state index in [9.17, 15) is 8.42 Å². The molecule has 0 unspecified atom stereocenters. The molecule has 0 amide bonds. The molecule has 0 bridgehead atoms. The van der Waals surface area contributed by atoms with E-state index in [-0.39, 0.29) is 10.8 Å². The summed E-state index contributed by atoms with van der Waals surface area (Å²) in [7, 11) is -0.493. The zero-order chi connectivity index (χ0) is 13.5. The molecule has 0 spiro atoms. The number of nitrogens with one attached hydrogen (secondary N) is 1. The summed E-state index contributed by atoms with van der Waals surface area (Å²) < 4.78 is 29.7. The predicted octanol–water partition coefficient (Wildman–Crippen LogP) is -0.155. The van der Waals surface area contributed by atoms with Crippen LogP contribution in [0.4, 0.5) is 11.5 Å². The molecular weight excluding hydrogens is 256 g/mol. The molecule has 98 valence electrons. The number of rotatable bonds is 3. The van der Waals surface area contributed by atoms with Crippen molar-refractivity contribution in [3.8, 4) is 0 Å². The van der Waals surface area contributed by atoms with Crippen LogP contribution in [-0.2, 0) is 24.1 Å². The summed E-state index contributed by atoms with van der Waals surface area (Å²) >= 11 is 0. The van der Waals surface area contributed by atoms with Crippen molar-refractivity contribution >= 4 is 21.5 Å². The standard InChI is InChI=1S/C9H14N6O2S/c1-6-7(4-15(3)12-6)13-18(16,17)9-8(10)11-5-14(9)2/h4-5,13H,10H2,1-3H3. The summed E-state index contributed by atoms with van der Waals surface area (Å²) in [5.41, 5.74) is 6.55. The number of hydrogen-bond donors (Lipinski definition) is 2. The second-order valence-corrected chi connectivity index (χ2v) is 5.55. The molecule has 0 aliphatic heterocycles. The minimum Gasteiger partial charge on any atom is -0.381 e. The quantitative estimate of drug-likeness (QED) is 0.806. The molecule has 0 fully saturated rings. The number of nitrogens with zero attached hydrogens (tertiary/aromatic N) is 4. The predicted molar refractivity (Wildman–Crippen MR) is 66.4 cm³/mol. The van der Waals surface area contributed by atoms with E-state index in [0.717, 1.165) is 0 Å². The Morgan fingerprint density at radius 1 is 1.39 bits per heavy atom. The monoisotopic (exact) mass is 270 g/mol. The summed E-state index contributed by atoms with van der Waals surface area (Å²) in [6, 6.07) is 0. The van der Waals surface area contributed by atoms with Crippen molar-refractivity contribution in [2.24, 2.45) is 14.1 Å². The molecule has 0 aliphatic carbocycles. The Hall–Kier alpha value is -2.03. The van der Waals surface area contributed by atoms with E-state index in [1.165, 1.54) is 15.6 Å². The number of hydrogen-bond acceptors (Lipinski definition) is 5. The third-order valence-corrected chi connectivity index (χ3v) is 3.92. The Balaban J connectivity index is 2.42. The fourth-order valence-corrected chi connectivity index (χ4v) is 3.00. The SMILES string of the molecule is Cc1nn(C)cc1NS(=O)(=O)c1c(N)ncn1C. The fourth-order valence-electron chi connectivity index (χ4n) is 1.66. The number of sulfonamides is 1. The third-order valence-electron chi connectivity index (χ3n) is 2.42. The number of anilines is 2. The van der Waals surface area contributed by atoms with Crippen LogP contribution in [0.15, 0.2) is 17.6 Å². The van der Waals surface area contributed by atoms with Gasteiger partial charge in [-0.2, -0.15) is 13.5 Å². The van der Waals surface area contributed by atoms with E-state index in [1.807, 2.05) is 0 Å². The maximum atomic E-state index is 12.2. The molecule has 3 N–H and O–H groups in total. The number of nitrogens with two attached hydrogens (primary N) is 1. The lowest BCUT2D eigenvalue weighted by molar-refractivity contribution is 0.592. The summed E-state index contributed by atoms with van der Waals surface area (Å²) in [5.74, 6) is -0.0356. The van der Waals surface area contributed by atoms with Crippen molar-refractivity contribution in [3.63, 3.8) is 0 Å². The maximum Gasteiger partial charge on any atom is 0.281 e. The average Bonchev–Trinajstić information content (AvgIpc) is 2.70. The van der Waals surface area contributed by atoms with Gasteiger partial charge in [0.2, 0.25) is 0 Å². The van der Waals surface area contributed by atoms with Crippen LogP contribution in [0.5, 0.6) is 0 Å². The second kappa shape index (κ2) is 4.02. The number of nitrogen functional groups attached to an aromatic ring is 1. The highest BCUT2D eigenvalue weighted by Gasteiger charge is 2.23. The number of aryl methyl sites for hydroxylation is 3. The number of imidazole rings is 1. The van der Waals surface area contributed by atoms with Crippen LogP contribution < -0.4 is 10.5 Å². The van der Waals surface area contributed by atoms with E-state index < -0.39 is 10.0 Å². The fraction of sp³-hybridized carbons (Fsp3) is 0.333. The Morgan fingerprint density at radius 3 is 2.50 bits per heavy atom. The first-order valence-corrected chi connectivity index (χ1v) is 6.59. The summed E-state index contributed by atoms with van der Waals surface area (Å²) in [4.78, 5) is 3.75. The molecule has 0 saturated carbocycles. The highest BCUT2D eigenvalue weighted by molar-refractivity contribution is 7.92. The van der Waals surface area contributed by atoms with Gasteiger partial charge in [-0.25, -0.2) is 4.98 Å². The van der Waals surface area contributed by atoms with Crippen molar-refractivity contribution in [2.45, 2.75) is 11.9 Å². The van der Waals surface area contributed by atoms with Crippen LogP contribution in [0, 0.1) is 6.92 Å². The van der Waals surface area contributed by atoms with Gasteiger partial charge in [0.05, 0.1) is 17.7 Å². The molecule has 8 nitrogen and oxygen atoms in total. The van der Waals surface area contributed by atoms with Crippen molar-refractivity contribution in [3.05, 3.63) is 18.2 Å². The Labute approximate surface area is 104 Å². The summed E-state index contributed by atoms with van der Waals surface area (Å²) in [6.45, 7) is 1.71. The maximum absolute atomic E-state index is 12.2. The molecule has 0 saturated heterocycles. The normalized spacial score (nSPS) is 11.7. The van der Waals surface area contributed by atoms with Crippen LogP contribution in [0.25, 0.3) is 0 Å². The van der Waals surface area contributed by atoms with Crippen molar-refractivity contribution < 1.29 is 8.42 Å². The average molecular weight is 270 g/mol. The highest BCUT2D eigenvalue weighted by Crippen LogP contribution is 2.21. The van der Waals surface area contributed by atoms with Crippen LogP contribution in [0.2, 0.25) is 0 Å². The van der Waals surface area contributed by atoms with Crippen molar-refractivity contribution in [1.29, 1.82) is 0 Å². The minimum atomic E-state index is -3.77. The molecular formula is C9H14N6O2S. The molecule has 0 radical (unpaired) electrons. The van der Waals surface area contributed by atoms with Crippen LogP contribution >= 0.6 is 0 Å². The first kappa shape index (κ1) is 12.4. The van der Waals surface area contributed by atoms with E-state index in [0.29, 0.717) is 11.4 Å². The molecule has 2 rings (SSSR count). The molecule has 2 aromatic heterocycles. The van der Waals surface area contributed by atoms with Gasteiger partial charge >= 0.3 is 0 Å². The highest BCUT2D eigenvalue weighted by atomic mass is 32.2. The van der Waals surface area contributed by atoms with E-state index in [2.05, 4.69) is 14.8 Å². The molecule has 0 aliphatic rings. The van der Waals surface area contributed by atoms with Gasteiger partial charge in [-0.05, 0) is 6.92 Å². The molecule has 18 heavy (non-hydrogen) atoms.